The number of nitrogens with zero attached hydrogens (tertiary/aromatic N) is 1. The predicted molar refractivity (Wildman–Crippen MR) is 113 cm³/mol. The van der Waals surface area contributed by atoms with Crippen LogP contribution in [0, 0.1) is 0 Å². The number of hydrogen-bond acceptors (Lipinski definition) is 3. The maximum absolute atomic E-state index is 13.2. The number of benzene rings is 2. The lowest BCUT2D eigenvalue weighted by molar-refractivity contribution is 0.0734. The fourth-order valence-corrected chi connectivity index (χ4v) is 3.86. The summed E-state index contributed by atoms with van der Waals surface area (Å²) in [6, 6.07) is 25.9. The highest BCUT2D eigenvalue weighted by Gasteiger charge is 2.17. The number of amides is 1. The van der Waals surface area contributed by atoms with Crippen molar-refractivity contribution in [2.24, 2.45) is 0 Å². The SMILES string of the molecule is O=C(c1ccc(-c2ccccc2)cc1)N(CCc1cccs1)Cc1ccco1. The average molecular weight is 388 g/mol. The zero-order chi connectivity index (χ0) is 19.2. The highest BCUT2D eigenvalue weighted by molar-refractivity contribution is 7.09. The first kappa shape index (κ1) is 18.3. The maximum Gasteiger partial charge on any atom is 0.254 e. The molecular formula is C24H21NO2S. The summed E-state index contributed by atoms with van der Waals surface area (Å²) in [4.78, 5) is 16.3. The van der Waals surface area contributed by atoms with Crippen LogP contribution in [0.15, 0.2) is 94.9 Å². The number of thiophene rings is 1. The first-order valence-electron chi connectivity index (χ1n) is 9.29. The molecule has 4 heteroatoms. The van der Waals surface area contributed by atoms with Gasteiger partial charge in [-0.3, -0.25) is 4.79 Å². The van der Waals surface area contributed by atoms with Gasteiger partial charge < -0.3 is 9.32 Å². The molecule has 0 bridgehead atoms. The molecule has 0 saturated heterocycles. The molecule has 0 fully saturated rings. The molecule has 28 heavy (non-hydrogen) atoms. The van der Waals surface area contributed by atoms with Crippen molar-refractivity contribution in [3.63, 3.8) is 0 Å². The monoisotopic (exact) mass is 387 g/mol. The minimum atomic E-state index is 0.0209. The van der Waals surface area contributed by atoms with Crippen molar-refractivity contribution < 1.29 is 9.21 Å². The molecule has 0 saturated carbocycles. The lowest BCUT2D eigenvalue weighted by Gasteiger charge is -2.22. The number of rotatable bonds is 7. The second-order valence-electron chi connectivity index (χ2n) is 6.58. The highest BCUT2D eigenvalue weighted by Crippen LogP contribution is 2.21. The van der Waals surface area contributed by atoms with Crippen LogP contribution in [0.2, 0.25) is 0 Å². The van der Waals surface area contributed by atoms with Crippen molar-refractivity contribution in [1.29, 1.82) is 0 Å². The van der Waals surface area contributed by atoms with Gasteiger partial charge in [0.1, 0.15) is 5.76 Å². The topological polar surface area (TPSA) is 33.5 Å². The molecule has 0 N–H and O–H groups in total. The molecule has 140 valence electrons. The standard InChI is InChI=1S/C24H21NO2S/c26-24(21-12-10-20(11-13-21)19-6-2-1-3-7-19)25(18-22-8-4-16-27-22)15-14-23-9-5-17-28-23/h1-13,16-17H,14-15,18H2. The molecule has 2 aromatic carbocycles. The number of carbonyl (C=O) groups is 1. The van der Waals surface area contributed by atoms with Gasteiger partial charge in [-0.1, -0.05) is 48.5 Å². The molecule has 3 nitrogen and oxygen atoms in total. The van der Waals surface area contributed by atoms with E-state index in [4.69, 9.17) is 4.42 Å². The van der Waals surface area contributed by atoms with Crippen LogP contribution >= 0.6 is 11.3 Å². The molecule has 0 aliphatic carbocycles. The van der Waals surface area contributed by atoms with Crippen molar-refractivity contribution in [3.8, 4) is 11.1 Å². The normalized spacial score (nSPS) is 10.7. The summed E-state index contributed by atoms with van der Waals surface area (Å²) in [6.45, 7) is 1.12. The second kappa shape index (κ2) is 8.72. The molecule has 2 aromatic heterocycles. The summed E-state index contributed by atoms with van der Waals surface area (Å²) in [5, 5.41) is 2.07. The second-order valence-corrected chi connectivity index (χ2v) is 7.61. The fraction of sp³-hybridized carbons (Fsp3) is 0.125. The van der Waals surface area contributed by atoms with E-state index < -0.39 is 0 Å². The van der Waals surface area contributed by atoms with Gasteiger partial charge in [-0.15, -0.1) is 11.3 Å². The van der Waals surface area contributed by atoms with Gasteiger partial charge in [-0.25, -0.2) is 0 Å². The zero-order valence-electron chi connectivity index (χ0n) is 15.5. The highest BCUT2D eigenvalue weighted by atomic mass is 32.1. The van der Waals surface area contributed by atoms with Crippen molar-refractivity contribution in [1.82, 2.24) is 4.90 Å². The van der Waals surface area contributed by atoms with Crippen LogP contribution in [0.5, 0.6) is 0 Å². The smallest absolute Gasteiger partial charge is 0.254 e. The Labute approximate surface area is 168 Å². The Bertz CT molecular complexity index is 991. The van der Waals surface area contributed by atoms with E-state index in [1.807, 2.05) is 65.6 Å². The number of carbonyl (C=O) groups excluding carboxylic acids is 1. The van der Waals surface area contributed by atoms with Gasteiger partial charge >= 0.3 is 0 Å². The van der Waals surface area contributed by atoms with E-state index in [2.05, 4.69) is 23.6 Å². The van der Waals surface area contributed by atoms with Crippen LogP contribution in [-0.4, -0.2) is 17.4 Å². The quantitative estimate of drug-likeness (QED) is 0.396. The Kier molecular flexibility index (Phi) is 5.69. The Balaban J connectivity index is 1.52. The summed E-state index contributed by atoms with van der Waals surface area (Å²) in [6.07, 6.45) is 2.48. The van der Waals surface area contributed by atoms with E-state index in [0.717, 1.165) is 23.3 Å². The minimum absolute atomic E-state index is 0.0209. The van der Waals surface area contributed by atoms with E-state index in [1.54, 1.807) is 17.6 Å². The van der Waals surface area contributed by atoms with E-state index >= 15 is 0 Å². The van der Waals surface area contributed by atoms with Crippen molar-refractivity contribution in [3.05, 3.63) is 107 Å². The summed E-state index contributed by atoms with van der Waals surface area (Å²) in [7, 11) is 0. The summed E-state index contributed by atoms with van der Waals surface area (Å²) < 4.78 is 5.47. The molecule has 0 aliphatic heterocycles. The average Bonchev–Trinajstić information content (AvgIpc) is 3.45. The van der Waals surface area contributed by atoms with E-state index in [9.17, 15) is 4.79 Å². The predicted octanol–water partition coefficient (Wildman–Crippen LogP) is 5.89. The largest absolute Gasteiger partial charge is 0.467 e. The molecular weight excluding hydrogens is 366 g/mol. The number of furan rings is 1. The third-order valence-electron chi connectivity index (χ3n) is 4.66. The van der Waals surface area contributed by atoms with Crippen LogP contribution in [-0.2, 0) is 13.0 Å². The molecule has 2 heterocycles. The van der Waals surface area contributed by atoms with Crippen LogP contribution in [0.25, 0.3) is 11.1 Å². The third-order valence-corrected chi connectivity index (χ3v) is 5.60. The van der Waals surface area contributed by atoms with Crippen LogP contribution < -0.4 is 0 Å². The lowest BCUT2D eigenvalue weighted by atomic mass is 10.0. The minimum Gasteiger partial charge on any atom is -0.467 e. The summed E-state index contributed by atoms with van der Waals surface area (Å²) in [5.74, 6) is 0.813. The molecule has 0 radical (unpaired) electrons. The first-order valence-corrected chi connectivity index (χ1v) is 10.2. The van der Waals surface area contributed by atoms with Gasteiger partial charge in [0.15, 0.2) is 0 Å². The van der Waals surface area contributed by atoms with Crippen molar-refractivity contribution in [2.45, 2.75) is 13.0 Å². The Morgan fingerprint density at radius 2 is 1.64 bits per heavy atom. The van der Waals surface area contributed by atoms with Gasteiger partial charge in [0.2, 0.25) is 0 Å². The van der Waals surface area contributed by atoms with Crippen molar-refractivity contribution in [2.75, 3.05) is 6.54 Å². The Hall–Kier alpha value is -3.11. The molecule has 0 unspecified atom stereocenters. The van der Waals surface area contributed by atoms with Crippen molar-refractivity contribution >= 4 is 17.2 Å². The fourth-order valence-electron chi connectivity index (χ4n) is 3.16. The van der Waals surface area contributed by atoms with Crippen LogP contribution in [0.4, 0.5) is 0 Å². The lowest BCUT2D eigenvalue weighted by Crippen LogP contribution is -2.32. The van der Waals surface area contributed by atoms with Gasteiger partial charge in [0.25, 0.3) is 5.91 Å². The molecule has 4 rings (SSSR count). The molecule has 4 aromatic rings. The maximum atomic E-state index is 13.2. The zero-order valence-corrected chi connectivity index (χ0v) is 16.3. The van der Waals surface area contributed by atoms with E-state index in [-0.39, 0.29) is 5.91 Å². The van der Waals surface area contributed by atoms with E-state index in [0.29, 0.717) is 18.7 Å². The first-order chi connectivity index (χ1) is 13.8. The molecule has 0 spiro atoms. The number of hydrogen-bond donors (Lipinski definition) is 0. The van der Waals surface area contributed by atoms with Gasteiger partial charge in [0.05, 0.1) is 12.8 Å². The molecule has 0 atom stereocenters. The summed E-state index contributed by atoms with van der Waals surface area (Å²) >= 11 is 1.72. The third kappa shape index (κ3) is 4.41. The summed E-state index contributed by atoms with van der Waals surface area (Å²) in [5.41, 5.74) is 2.94. The molecule has 1 amide bonds. The van der Waals surface area contributed by atoms with Crippen LogP contribution in [0.3, 0.4) is 0 Å². The van der Waals surface area contributed by atoms with Gasteiger partial charge in [-0.05, 0) is 53.3 Å². The van der Waals surface area contributed by atoms with Gasteiger partial charge in [-0.2, -0.15) is 0 Å². The van der Waals surface area contributed by atoms with Gasteiger partial charge in [0, 0.05) is 17.0 Å². The Morgan fingerprint density at radius 3 is 2.32 bits per heavy atom. The van der Waals surface area contributed by atoms with Crippen LogP contribution in [0.1, 0.15) is 21.0 Å². The molecule has 0 aliphatic rings. The Morgan fingerprint density at radius 1 is 0.857 bits per heavy atom. The van der Waals surface area contributed by atoms with E-state index in [1.165, 1.54) is 4.88 Å².